The molecule has 1 aromatic heterocycles. The van der Waals surface area contributed by atoms with E-state index in [1.165, 1.54) is 23.0 Å². The van der Waals surface area contributed by atoms with E-state index in [9.17, 15) is 54.7 Å². The number of aliphatic hydroxyl groups excluding tert-OH is 1. The van der Waals surface area contributed by atoms with E-state index in [-0.39, 0.29) is 73.3 Å². The molecule has 4 aromatic carbocycles. The van der Waals surface area contributed by atoms with E-state index in [0.29, 0.717) is 60.2 Å². The molecule has 0 saturated carbocycles. The minimum atomic E-state index is -4.83. The van der Waals surface area contributed by atoms with Gasteiger partial charge in [0.25, 0.3) is 0 Å². The zero-order chi connectivity index (χ0) is 56.9. The summed E-state index contributed by atoms with van der Waals surface area (Å²) in [6, 6.07) is 20.3. The molecular weight excluding hydrogens is 1080 g/mol. The number of sulfone groups is 1. The number of carbonyl (C=O) groups excluding carboxylic acids is 5. The Kier molecular flexibility index (Phi) is 20.9. The molecule has 6 N–H and O–H groups in total. The number of aromatic nitrogens is 3. The second-order valence-corrected chi connectivity index (χ2v) is 25.3. The number of amides is 5. The van der Waals surface area contributed by atoms with Gasteiger partial charge in [0, 0.05) is 67.1 Å². The summed E-state index contributed by atoms with van der Waals surface area (Å²) in [6.07, 6.45) is 4.96. The van der Waals surface area contributed by atoms with E-state index < -0.39 is 76.8 Å². The first kappa shape index (κ1) is 60.0. The van der Waals surface area contributed by atoms with Gasteiger partial charge in [-0.05, 0) is 68.4 Å². The van der Waals surface area contributed by atoms with E-state index in [1.807, 2.05) is 17.8 Å². The second-order valence-electron chi connectivity index (χ2n) is 20.2. The number of rotatable bonds is 29. The van der Waals surface area contributed by atoms with Gasteiger partial charge in [-0.3, -0.25) is 19.2 Å². The highest BCUT2D eigenvalue weighted by atomic mass is 32.2. The van der Waals surface area contributed by atoms with Gasteiger partial charge in [-0.2, -0.15) is 16.1 Å². The van der Waals surface area contributed by atoms with Crippen LogP contribution in [0.3, 0.4) is 0 Å². The molecule has 0 bridgehead atoms. The van der Waals surface area contributed by atoms with Crippen LogP contribution in [0.15, 0.2) is 118 Å². The van der Waals surface area contributed by atoms with Crippen molar-refractivity contribution in [3.8, 4) is 0 Å². The molecule has 1 unspecified atom stereocenters. The lowest BCUT2D eigenvalue weighted by Gasteiger charge is -2.29. The molecular formula is C55H67F2N9O10S3. The molecule has 3 heterocycles. The van der Waals surface area contributed by atoms with Crippen molar-refractivity contribution in [1.82, 2.24) is 45.9 Å². The monoisotopic (exact) mass is 1150 g/mol. The fourth-order valence-electron chi connectivity index (χ4n) is 9.38. The lowest BCUT2D eigenvalue weighted by Crippen LogP contribution is -2.47. The number of halogens is 2. The Morgan fingerprint density at radius 1 is 0.797 bits per heavy atom. The molecule has 79 heavy (non-hydrogen) atoms. The third-order valence-electron chi connectivity index (χ3n) is 13.7. The Labute approximate surface area is 463 Å². The van der Waals surface area contributed by atoms with Gasteiger partial charge in [-0.1, -0.05) is 98.6 Å². The van der Waals surface area contributed by atoms with Gasteiger partial charge in [0.1, 0.15) is 33.2 Å². The average Bonchev–Trinajstić information content (AvgIpc) is 4.21. The number of sulfonamides is 1. The number of hydrogen-bond acceptors (Lipinski definition) is 13. The largest absolute Gasteiger partial charge is 0.390 e. The lowest BCUT2D eigenvalue weighted by atomic mass is 9.99. The summed E-state index contributed by atoms with van der Waals surface area (Å²) in [5.74, 6) is -2.96. The number of carbonyl (C=O) groups is 5. The van der Waals surface area contributed by atoms with Crippen molar-refractivity contribution in [2.75, 3.05) is 25.4 Å². The molecule has 2 saturated heterocycles. The zero-order valence-electron chi connectivity index (χ0n) is 44.1. The first-order valence-corrected chi connectivity index (χ1v) is 30.3. The van der Waals surface area contributed by atoms with Crippen molar-refractivity contribution >= 4 is 61.2 Å². The summed E-state index contributed by atoms with van der Waals surface area (Å²) < 4.78 is 86.8. The van der Waals surface area contributed by atoms with Crippen molar-refractivity contribution in [3.05, 3.63) is 137 Å². The summed E-state index contributed by atoms with van der Waals surface area (Å²) in [6.45, 7) is 4.64. The molecule has 2 aliphatic rings. The quantitative estimate of drug-likeness (QED) is 0.0147. The molecule has 19 nitrogen and oxygen atoms in total. The maximum Gasteiger partial charge on any atom is 0.315 e. The Morgan fingerprint density at radius 3 is 2.20 bits per heavy atom. The van der Waals surface area contributed by atoms with E-state index in [0.717, 1.165) is 53.6 Å². The van der Waals surface area contributed by atoms with Gasteiger partial charge in [0.15, 0.2) is 5.78 Å². The Balaban J connectivity index is 0.931. The smallest absolute Gasteiger partial charge is 0.315 e. The Bertz CT molecular complexity index is 3170. The van der Waals surface area contributed by atoms with Gasteiger partial charge in [0.05, 0.1) is 41.9 Å². The minimum absolute atomic E-state index is 0.0354. The van der Waals surface area contributed by atoms with Gasteiger partial charge >= 0.3 is 6.03 Å². The molecule has 0 aliphatic carbocycles. The molecule has 0 spiro atoms. The van der Waals surface area contributed by atoms with Crippen LogP contribution in [-0.4, -0.2) is 126 Å². The number of hydrogen-bond donors (Lipinski definition) is 6. The topological polar surface area (TPSA) is 268 Å². The SMILES string of the molecule is CC(C)CN(CC(O)[C@H](C)n1cc(CNC(=O)[C@H](Cc2ccc(C(=O)c3ccccc3)cc2)NC(=O)CCCCCNC(=O)CCCC[C@@H]2SC[C@@H]3NC(=O)N[C@@H]32)nn1)S(=O)(=O)c1ccccc1S(=O)(=O)c1ccc(F)cc1F. The minimum Gasteiger partial charge on any atom is -0.390 e. The van der Waals surface area contributed by atoms with Crippen LogP contribution in [-0.2, 0) is 47.2 Å². The second kappa shape index (κ2) is 27.5. The first-order valence-electron chi connectivity index (χ1n) is 26.3. The van der Waals surface area contributed by atoms with Crippen molar-refractivity contribution < 1.29 is 54.7 Å². The maximum atomic E-state index is 14.8. The molecule has 7 rings (SSSR count). The van der Waals surface area contributed by atoms with E-state index >= 15 is 0 Å². The van der Waals surface area contributed by atoms with Crippen molar-refractivity contribution in [2.24, 2.45) is 5.92 Å². The highest BCUT2D eigenvalue weighted by molar-refractivity contribution is 8.00. The van der Waals surface area contributed by atoms with Crippen LogP contribution in [0, 0.1) is 17.6 Å². The third-order valence-corrected chi connectivity index (χ3v) is 19.1. The van der Waals surface area contributed by atoms with Gasteiger partial charge in [-0.15, -0.1) is 5.10 Å². The van der Waals surface area contributed by atoms with Gasteiger partial charge in [0.2, 0.25) is 37.6 Å². The fourth-order valence-corrected chi connectivity index (χ4v) is 14.7. The summed E-state index contributed by atoms with van der Waals surface area (Å²) >= 11 is 1.85. The molecule has 6 atom stereocenters. The van der Waals surface area contributed by atoms with Crippen LogP contribution in [0.1, 0.15) is 105 Å². The van der Waals surface area contributed by atoms with Crippen LogP contribution < -0.4 is 26.6 Å². The lowest BCUT2D eigenvalue weighted by molar-refractivity contribution is -0.129. The molecule has 5 amide bonds. The fraction of sp³-hybridized carbons (Fsp3) is 0.436. The third kappa shape index (κ3) is 16.0. The molecule has 24 heteroatoms. The molecule has 5 aromatic rings. The number of aliphatic hydroxyl groups is 1. The predicted molar refractivity (Wildman–Crippen MR) is 292 cm³/mol. The highest BCUT2D eigenvalue weighted by Crippen LogP contribution is 2.34. The Hall–Kier alpha value is -6.60. The standard InChI is InChI=1S/C55H67F2N9O10S3/c1-35(2)31-65(79(75,76)49-18-11-10-17-48(49)78(73,74)47-26-25-40(56)29-42(47)57)33-45(67)36(3)66-32-41(63-64-66)30-59-54(71)43(28-37-21-23-39(24-22-37)53(70)38-14-6-4-7-15-38)60-51(69)20-8-5-13-27-58-50(68)19-12-9-16-46-52-44(34-77-46)61-55(72)62-52/h4,6-7,10-11,14-15,17-18,21-26,29,32,35-36,43-46,52,67H,5,8-9,12-13,16,19-20,27-28,30-31,33-34H2,1-3H3,(H,58,68)(H,59,71)(H,60,69)(H2,61,62,72)/t36-,43-,44-,45?,46-,52-/m0/s1. The number of nitrogens with one attached hydrogen (secondary N) is 5. The summed E-state index contributed by atoms with van der Waals surface area (Å²) in [5, 5.41) is 34.7. The van der Waals surface area contributed by atoms with Crippen molar-refractivity contribution in [1.29, 1.82) is 0 Å². The van der Waals surface area contributed by atoms with Crippen LogP contribution in [0.5, 0.6) is 0 Å². The average molecular weight is 1150 g/mol. The van der Waals surface area contributed by atoms with Gasteiger partial charge < -0.3 is 31.7 Å². The molecule has 0 radical (unpaired) electrons. The summed E-state index contributed by atoms with van der Waals surface area (Å²) in [4.78, 5) is 62.2. The summed E-state index contributed by atoms with van der Waals surface area (Å²) in [7, 11) is -9.53. The van der Waals surface area contributed by atoms with Crippen LogP contribution in [0.25, 0.3) is 0 Å². The first-order chi connectivity index (χ1) is 37.7. The highest BCUT2D eigenvalue weighted by Gasteiger charge is 2.42. The Morgan fingerprint density at radius 2 is 1.48 bits per heavy atom. The zero-order valence-corrected chi connectivity index (χ0v) is 46.6. The number of thioether (sulfide) groups is 1. The number of nitrogens with zero attached hydrogens (tertiary/aromatic N) is 4. The number of unbranched alkanes of at least 4 members (excludes halogenated alkanes) is 3. The van der Waals surface area contributed by atoms with Crippen LogP contribution in [0.2, 0.25) is 0 Å². The van der Waals surface area contributed by atoms with E-state index in [2.05, 4.69) is 36.9 Å². The van der Waals surface area contributed by atoms with E-state index in [1.54, 1.807) is 69.3 Å². The number of urea groups is 1. The molecule has 424 valence electrons. The number of ketones is 1. The predicted octanol–water partition coefficient (Wildman–Crippen LogP) is 5.64. The van der Waals surface area contributed by atoms with Crippen LogP contribution in [0.4, 0.5) is 13.6 Å². The van der Waals surface area contributed by atoms with Crippen LogP contribution >= 0.6 is 11.8 Å². The van der Waals surface area contributed by atoms with Crippen molar-refractivity contribution in [3.63, 3.8) is 0 Å². The molecule has 2 aliphatic heterocycles. The summed E-state index contributed by atoms with van der Waals surface area (Å²) in [5.41, 5.74) is 1.89. The normalized spacial score (nSPS) is 17.4. The number of fused-ring (bicyclic) bond motifs is 1. The van der Waals surface area contributed by atoms with Gasteiger partial charge in [-0.25, -0.2) is 35.1 Å². The molecule has 2 fully saturated rings. The van der Waals surface area contributed by atoms with E-state index in [4.69, 9.17) is 0 Å². The maximum absolute atomic E-state index is 14.8. The number of benzene rings is 4. The van der Waals surface area contributed by atoms with Crippen molar-refractivity contribution in [2.45, 2.75) is 135 Å².